The molecule has 88 valence electrons. The van der Waals surface area contributed by atoms with Crippen LogP contribution in [0.4, 0.5) is 0 Å². The van der Waals surface area contributed by atoms with Crippen LogP contribution in [0.2, 0.25) is 5.02 Å². The third-order valence-corrected chi connectivity index (χ3v) is 3.73. The quantitative estimate of drug-likeness (QED) is 0.892. The highest BCUT2D eigenvalue weighted by molar-refractivity contribution is 9.10. The molecule has 0 spiro atoms. The Bertz CT molecular complexity index is 513. The molecule has 0 aliphatic carbocycles. The molecule has 0 radical (unpaired) electrons. The molecule has 0 saturated carbocycles. The van der Waals surface area contributed by atoms with Gasteiger partial charge in [-0.15, -0.1) is 0 Å². The number of aliphatic hydroxyl groups is 1. The summed E-state index contributed by atoms with van der Waals surface area (Å²) in [6.07, 6.45) is -0.0343. The Balaban J connectivity index is 2.20. The van der Waals surface area contributed by atoms with Crippen molar-refractivity contribution in [2.45, 2.75) is 12.5 Å². The number of hydrogen-bond donors (Lipinski definition) is 1. The average Bonchev–Trinajstić information content (AvgIpc) is 2.32. The average molecular weight is 312 g/mol. The van der Waals surface area contributed by atoms with Gasteiger partial charge in [0.1, 0.15) is 0 Å². The van der Waals surface area contributed by atoms with E-state index in [4.69, 9.17) is 11.6 Å². The van der Waals surface area contributed by atoms with Crippen molar-refractivity contribution in [1.29, 1.82) is 0 Å². The van der Waals surface area contributed by atoms with Crippen molar-refractivity contribution in [3.63, 3.8) is 0 Å². The zero-order valence-corrected chi connectivity index (χ0v) is 11.4. The molecule has 0 amide bonds. The number of halogens is 2. The van der Waals surface area contributed by atoms with E-state index < -0.39 is 6.10 Å². The summed E-state index contributed by atoms with van der Waals surface area (Å²) in [5.74, 6) is 0. The van der Waals surface area contributed by atoms with Crippen LogP contribution in [0, 0.1) is 0 Å². The lowest BCUT2D eigenvalue weighted by Crippen LogP contribution is -2.03. The van der Waals surface area contributed by atoms with Crippen LogP contribution in [0.25, 0.3) is 0 Å². The Morgan fingerprint density at radius 1 is 1.06 bits per heavy atom. The molecule has 0 aromatic heterocycles. The van der Waals surface area contributed by atoms with Crippen LogP contribution in [-0.4, -0.2) is 5.11 Å². The molecule has 1 atom stereocenters. The molecule has 1 unspecified atom stereocenters. The highest BCUT2D eigenvalue weighted by Gasteiger charge is 2.12. The van der Waals surface area contributed by atoms with Gasteiger partial charge in [0.15, 0.2) is 0 Å². The largest absolute Gasteiger partial charge is 0.388 e. The molecule has 0 fully saturated rings. The lowest BCUT2D eigenvalue weighted by molar-refractivity contribution is 0.177. The number of aliphatic hydroxyl groups excluding tert-OH is 1. The van der Waals surface area contributed by atoms with Gasteiger partial charge in [0.2, 0.25) is 0 Å². The summed E-state index contributed by atoms with van der Waals surface area (Å²) in [6.45, 7) is 0. The molecule has 3 heteroatoms. The Kier molecular flexibility index (Phi) is 4.21. The molecular weight excluding hydrogens is 300 g/mol. The van der Waals surface area contributed by atoms with E-state index in [-0.39, 0.29) is 0 Å². The zero-order chi connectivity index (χ0) is 12.3. The van der Waals surface area contributed by atoms with Gasteiger partial charge >= 0.3 is 0 Å². The topological polar surface area (TPSA) is 20.2 Å². The van der Waals surface area contributed by atoms with Crippen LogP contribution < -0.4 is 0 Å². The van der Waals surface area contributed by atoms with Crippen molar-refractivity contribution in [3.05, 3.63) is 69.2 Å². The molecule has 2 aromatic carbocycles. The monoisotopic (exact) mass is 310 g/mol. The summed E-state index contributed by atoms with van der Waals surface area (Å²) < 4.78 is 0.916. The lowest BCUT2D eigenvalue weighted by atomic mass is 10.0. The van der Waals surface area contributed by atoms with Gasteiger partial charge in [-0.3, -0.25) is 0 Å². The standard InChI is InChI=1S/C14H12BrClO/c15-12-7-3-2-6-11(12)14(17)9-10-5-1-4-8-13(10)16/h1-8,14,17H,9H2. The zero-order valence-electron chi connectivity index (χ0n) is 9.11. The maximum atomic E-state index is 10.2. The fourth-order valence-electron chi connectivity index (χ4n) is 1.73. The summed E-state index contributed by atoms with van der Waals surface area (Å²) in [6, 6.07) is 15.2. The minimum atomic E-state index is -0.550. The van der Waals surface area contributed by atoms with Gasteiger partial charge < -0.3 is 5.11 Å². The Labute approximate surface area is 114 Å². The van der Waals surface area contributed by atoms with E-state index in [9.17, 15) is 5.11 Å². The van der Waals surface area contributed by atoms with Crippen LogP contribution in [-0.2, 0) is 6.42 Å². The Hall–Kier alpha value is -0.830. The molecule has 1 N–H and O–H groups in total. The molecular formula is C14H12BrClO. The van der Waals surface area contributed by atoms with Crippen molar-refractivity contribution in [2.75, 3.05) is 0 Å². The van der Waals surface area contributed by atoms with Gasteiger partial charge in [0, 0.05) is 15.9 Å². The molecule has 2 rings (SSSR count). The second-order valence-electron chi connectivity index (χ2n) is 3.83. The van der Waals surface area contributed by atoms with Gasteiger partial charge in [-0.2, -0.15) is 0 Å². The van der Waals surface area contributed by atoms with Crippen LogP contribution in [0.1, 0.15) is 17.2 Å². The fourth-order valence-corrected chi connectivity index (χ4v) is 2.49. The van der Waals surface area contributed by atoms with Crippen LogP contribution in [0.5, 0.6) is 0 Å². The fraction of sp³-hybridized carbons (Fsp3) is 0.143. The first kappa shape index (κ1) is 12.6. The minimum Gasteiger partial charge on any atom is -0.388 e. The summed E-state index contributed by atoms with van der Waals surface area (Å²) in [7, 11) is 0. The van der Waals surface area contributed by atoms with Gasteiger partial charge in [0.25, 0.3) is 0 Å². The molecule has 0 saturated heterocycles. The van der Waals surface area contributed by atoms with Crippen LogP contribution >= 0.6 is 27.5 Å². The van der Waals surface area contributed by atoms with Crippen molar-refractivity contribution < 1.29 is 5.11 Å². The number of benzene rings is 2. The molecule has 0 aliphatic heterocycles. The summed E-state index contributed by atoms with van der Waals surface area (Å²) in [5, 5.41) is 10.9. The highest BCUT2D eigenvalue weighted by atomic mass is 79.9. The molecule has 17 heavy (non-hydrogen) atoms. The van der Waals surface area contributed by atoms with E-state index in [1.165, 1.54) is 0 Å². The summed E-state index contributed by atoms with van der Waals surface area (Å²) >= 11 is 9.51. The second-order valence-corrected chi connectivity index (χ2v) is 5.09. The SMILES string of the molecule is OC(Cc1ccccc1Cl)c1ccccc1Br. The van der Waals surface area contributed by atoms with E-state index >= 15 is 0 Å². The van der Waals surface area contributed by atoms with Crippen molar-refractivity contribution >= 4 is 27.5 Å². The van der Waals surface area contributed by atoms with E-state index in [1.807, 2.05) is 48.5 Å². The Morgan fingerprint density at radius 3 is 2.41 bits per heavy atom. The molecule has 0 aliphatic rings. The first-order valence-electron chi connectivity index (χ1n) is 5.34. The van der Waals surface area contributed by atoms with Gasteiger partial charge in [-0.25, -0.2) is 0 Å². The first-order valence-corrected chi connectivity index (χ1v) is 6.51. The van der Waals surface area contributed by atoms with E-state index in [1.54, 1.807) is 0 Å². The van der Waals surface area contributed by atoms with E-state index in [2.05, 4.69) is 15.9 Å². The summed E-state index contributed by atoms with van der Waals surface area (Å²) in [4.78, 5) is 0. The predicted octanol–water partition coefficient (Wildman–Crippen LogP) is 4.38. The Morgan fingerprint density at radius 2 is 1.71 bits per heavy atom. The minimum absolute atomic E-state index is 0.516. The normalized spacial score (nSPS) is 12.4. The number of rotatable bonds is 3. The van der Waals surface area contributed by atoms with Crippen LogP contribution in [0.3, 0.4) is 0 Å². The van der Waals surface area contributed by atoms with Gasteiger partial charge in [-0.05, 0) is 23.3 Å². The van der Waals surface area contributed by atoms with E-state index in [0.717, 1.165) is 15.6 Å². The van der Waals surface area contributed by atoms with Crippen molar-refractivity contribution in [1.82, 2.24) is 0 Å². The molecule has 0 bridgehead atoms. The van der Waals surface area contributed by atoms with Gasteiger partial charge in [0.05, 0.1) is 6.10 Å². The highest BCUT2D eigenvalue weighted by Crippen LogP contribution is 2.27. The molecule has 0 heterocycles. The maximum Gasteiger partial charge on any atom is 0.0841 e. The number of hydrogen-bond acceptors (Lipinski definition) is 1. The third kappa shape index (κ3) is 3.09. The smallest absolute Gasteiger partial charge is 0.0841 e. The lowest BCUT2D eigenvalue weighted by Gasteiger charge is -2.13. The first-order chi connectivity index (χ1) is 8.18. The predicted molar refractivity (Wildman–Crippen MR) is 74.3 cm³/mol. The molecule has 1 nitrogen and oxygen atoms in total. The van der Waals surface area contributed by atoms with E-state index in [0.29, 0.717) is 11.4 Å². The molecule has 2 aromatic rings. The summed E-state index contributed by atoms with van der Waals surface area (Å²) in [5.41, 5.74) is 1.84. The second kappa shape index (κ2) is 5.67. The van der Waals surface area contributed by atoms with Gasteiger partial charge in [-0.1, -0.05) is 63.9 Å². The third-order valence-electron chi connectivity index (χ3n) is 2.64. The van der Waals surface area contributed by atoms with Crippen molar-refractivity contribution in [2.24, 2.45) is 0 Å². The van der Waals surface area contributed by atoms with Crippen molar-refractivity contribution in [3.8, 4) is 0 Å². The maximum absolute atomic E-state index is 10.2. The van der Waals surface area contributed by atoms with Crippen LogP contribution in [0.15, 0.2) is 53.0 Å².